The Morgan fingerprint density at radius 1 is 1.03 bits per heavy atom. The zero-order valence-corrected chi connectivity index (χ0v) is 17.1. The van der Waals surface area contributed by atoms with Gasteiger partial charge in [0.05, 0.1) is 37.0 Å². The average molecular weight is 399 g/mol. The Bertz CT molecular complexity index is 719. The molecule has 0 aliphatic carbocycles. The second-order valence-electron chi connectivity index (χ2n) is 8.03. The standard InChI is InChI=1S/C22H30N4O3/c1-18-7-9-26(29-18)11-10-25-16-21-14-24(15-22(17-25)28-21)8-2-12-27-20-5-3-19(13-23)4-6-20/h3-7,9,18,21-22H,2,8,10-12,14-17H2,1H3. The van der Waals surface area contributed by atoms with Crippen LogP contribution >= 0.6 is 0 Å². The Labute approximate surface area is 173 Å². The van der Waals surface area contributed by atoms with Crippen LogP contribution in [0.25, 0.3) is 0 Å². The second kappa shape index (κ2) is 9.59. The summed E-state index contributed by atoms with van der Waals surface area (Å²) in [5, 5.41) is 10.8. The molecule has 2 saturated heterocycles. The molecule has 3 aliphatic heterocycles. The molecule has 0 N–H and O–H groups in total. The summed E-state index contributed by atoms with van der Waals surface area (Å²) < 4.78 is 12.0. The van der Waals surface area contributed by atoms with E-state index in [0.717, 1.165) is 58.0 Å². The van der Waals surface area contributed by atoms with E-state index in [-0.39, 0.29) is 18.3 Å². The summed E-state index contributed by atoms with van der Waals surface area (Å²) in [5.41, 5.74) is 0.658. The van der Waals surface area contributed by atoms with Crippen LogP contribution in [0.15, 0.2) is 36.5 Å². The van der Waals surface area contributed by atoms with Crippen LogP contribution < -0.4 is 4.74 Å². The molecule has 156 valence electrons. The number of hydroxylamine groups is 2. The Morgan fingerprint density at radius 2 is 1.72 bits per heavy atom. The van der Waals surface area contributed by atoms with Gasteiger partial charge < -0.3 is 9.47 Å². The Kier molecular flexibility index (Phi) is 6.67. The summed E-state index contributed by atoms with van der Waals surface area (Å²) in [6, 6.07) is 9.41. The smallest absolute Gasteiger partial charge is 0.119 e. The maximum atomic E-state index is 8.84. The predicted molar refractivity (Wildman–Crippen MR) is 109 cm³/mol. The lowest BCUT2D eigenvalue weighted by molar-refractivity contribution is -0.152. The SMILES string of the molecule is CC1C=CN(CCN2CC3CN(CCCOc4ccc(C#N)cc4)CC(C2)O3)O1. The fourth-order valence-corrected chi connectivity index (χ4v) is 4.20. The molecule has 2 bridgehead atoms. The van der Waals surface area contributed by atoms with Crippen LogP contribution in [0.1, 0.15) is 18.9 Å². The van der Waals surface area contributed by atoms with Crippen molar-refractivity contribution in [3.63, 3.8) is 0 Å². The molecule has 7 nitrogen and oxygen atoms in total. The highest BCUT2D eigenvalue weighted by Gasteiger charge is 2.34. The Balaban J connectivity index is 1.14. The van der Waals surface area contributed by atoms with Crippen LogP contribution in [0, 0.1) is 11.3 Å². The molecule has 3 atom stereocenters. The van der Waals surface area contributed by atoms with Crippen molar-refractivity contribution >= 4 is 0 Å². The zero-order valence-electron chi connectivity index (χ0n) is 17.1. The van der Waals surface area contributed by atoms with E-state index in [1.54, 1.807) is 12.1 Å². The lowest BCUT2D eigenvalue weighted by Gasteiger charge is -2.46. The molecule has 1 aromatic rings. The molecular weight excluding hydrogens is 368 g/mol. The highest BCUT2D eigenvalue weighted by Crippen LogP contribution is 2.20. The molecular formula is C22H30N4O3. The second-order valence-corrected chi connectivity index (χ2v) is 8.03. The van der Waals surface area contributed by atoms with Crippen LogP contribution in [0.4, 0.5) is 0 Å². The van der Waals surface area contributed by atoms with Gasteiger partial charge in [0, 0.05) is 45.5 Å². The van der Waals surface area contributed by atoms with Crippen molar-refractivity contribution in [3.05, 3.63) is 42.1 Å². The third-order valence-corrected chi connectivity index (χ3v) is 5.56. The van der Waals surface area contributed by atoms with Gasteiger partial charge in [0.15, 0.2) is 0 Å². The number of rotatable bonds is 8. The molecule has 0 aromatic heterocycles. The number of benzene rings is 1. The van der Waals surface area contributed by atoms with E-state index in [4.69, 9.17) is 19.6 Å². The average Bonchev–Trinajstić information content (AvgIpc) is 3.15. The lowest BCUT2D eigenvalue weighted by Crippen LogP contribution is -2.60. The molecule has 0 radical (unpaired) electrons. The van der Waals surface area contributed by atoms with Crippen LogP contribution in [-0.2, 0) is 9.57 Å². The minimum Gasteiger partial charge on any atom is -0.494 e. The topological polar surface area (TPSA) is 61.2 Å². The van der Waals surface area contributed by atoms with E-state index in [0.29, 0.717) is 12.2 Å². The number of nitriles is 1. The van der Waals surface area contributed by atoms with E-state index in [1.807, 2.05) is 23.4 Å². The first-order valence-corrected chi connectivity index (χ1v) is 10.5. The molecule has 29 heavy (non-hydrogen) atoms. The number of ether oxygens (including phenoxy) is 2. The van der Waals surface area contributed by atoms with Crippen molar-refractivity contribution in [2.45, 2.75) is 31.7 Å². The van der Waals surface area contributed by atoms with Crippen LogP contribution in [0.2, 0.25) is 0 Å². The van der Waals surface area contributed by atoms with Crippen molar-refractivity contribution in [2.24, 2.45) is 0 Å². The van der Waals surface area contributed by atoms with Crippen molar-refractivity contribution in [3.8, 4) is 11.8 Å². The van der Waals surface area contributed by atoms with Gasteiger partial charge in [-0.05, 0) is 43.7 Å². The molecule has 7 heteroatoms. The summed E-state index contributed by atoms with van der Waals surface area (Å²) in [4.78, 5) is 10.7. The molecule has 1 aromatic carbocycles. The highest BCUT2D eigenvalue weighted by atomic mass is 16.7. The van der Waals surface area contributed by atoms with E-state index < -0.39 is 0 Å². The molecule has 0 amide bonds. The van der Waals surface area contributed by atoms with Crippen molar-refractivity contribution in [1.82, 2.24) is 14.9 Å². The van der Waals surface area contributed by atoms with Crippen molar-refractivity contribution in [1.29, 1.82) is 5.26 Å². The van der Waals surface area contributed by atoms with Gasteiger partial charge in [-0.3, -0.25) is 19.7 Å². The largest absolute Gasteiger partial charge is 0.494 e. The number of nitrogens with zero attached hydrogens (tertiary/aromatic N) is 4. The molecule has 2 fully saturated rings. The zero-order chi connectivity index (χ0) is 20.1. The summed E-state index contributed by atoms with van der Waals surface area (Å²) in [6.07, 6.45) is 5.87. The fourth-order valence-electron chi connectivity index (χ4n) is 4.20. The van der Waals surface area contributed by atoms with Crippen molar-refractivity contribution < 1.29 is 14.3 Å². The Hall–Kier alpha value is -2.11. The monoisotopic (exact) mass is 398 g/mol. The van der Waals surface area contributed by atoms with Gasteiger partial charge in [0.1, 0.15) is 11.9 Å². The minimum atomic E-state index is 0.188. The number of fused-ring (bicyclic) bond motifs is 2. The summed E-state index contributed by atoms with van der Waals surface area (Å²) >= 11 is 0. The van der Waals surface area contributed by atoms with E-state index >= 15 is 0 Å². The van der Waals surface area contributed by atoms with E-state index in [1.165, 1.54) is 0 Å². The molecule has 4 rings (SSSR count). The minimum absolute atomic E-state index is 0.188. The maximum Gasteiger partial charge on any atom is 0.119 e. The summed E-state index contributed by atoms with van der Waals surface area (Å²) in [5.74, 6) is 0.824. The maximum absolute atomic E-state index is 8.84. The van der Waals surface area contributed by atoms with Gasteiger partial charge in [-0.1, -0.05) is 0 Å². The first-order chi connectivity index (χ1) is 14.2. The lowest BCUT2D eigenvalue weighted by atomic mass is 10.1. The first kappa shape index (κ1) is 20.2. The number of hydrogen-bond acceptors (Lipinski definition) is 7. The fraction of sp³-hybridized carbons (Fsp3) is 0.591. The van der Waals surface area contributed by atoms with Gasteiger partial charge >= 0.3 is 0 Å². The van der Waals surface area contributed by atoms with E-state index in [2.05, 4.69) is 28.9 Å². The third kappa shape index (κ3) is 5.71. The number of hydrogen-bond donors (Lipinski definition) is 0. The normalized spacial score (nSPS) is 27.2. The van der Waals surface area contributed by atoms with Crippen molar-refractivity contribution in [2.75, 3.05) is 52.4 Å². The Morgan fingerprint density at radius 3 is 2.34 bits per heavy atom. The van der Waals surface area contributed by atoms with Crippen LogP contribution in [0.5, 0.6) is 5.75 Å². The van der Waals surface area contributed by atoms with Crippen LogP contribution in [0.3, 0.4) is 0 Å². The van der Waals surface area contributed by atoms with Gasteiger partial charge in [-0.15, -0.1) is 0 Å². The van der Waals surface area contributed by atoms with Gasteiger partial charge in [-0.25, -0.2) is 0 Å². The molecule has 3 heterocycles. The first-order valence-electron chi connectivity index (χ1n) is 10.5. The molecule has 3 aliphatic rings. The number of morpholine rings is 2. The molecule has 0 saturated carbocycles. The molecule has 0 spiro atoms. The van der Waals surface area contributed by atoms with Gasteiger partial charge in [0.2, 0.25) is 0 Å². The predicted octanol–water partition coefficient (Wildman–Crippen LogP) is 1.86. The third-order valence-electron chi connectivity index (χ3n) is 5.56. The van der Waals surface area contributed by atoms with Crippen LogP contribution in [-0.4, -0.2) is 85.6 Å². The van der Waals surface area contributed by atoms with Gasteiger partial charge in [-0.2, -0.15) is 5.26 Å². The van der Waals surface area contributed by atoms with E-state index in [9.17, 15) is 0 Å². The summed E-state index contributed by atoms with van der Waals surface area (Å²) in [7, 11) is 0. The molecule has 3 unspecified atom stereocenters. The quantitative estimate of drug-likeness (QED) is 0.620. The highest BCUT2D eigenvalue weighted by molar-refractivity contribution is 5.34. The summed E-state index contributed by atoms with van der Waals surface area (Å²) in [6.45, 7) is 9.62. The van der Waals surface area contributed by atoms with Gasteiger partial charge in [0.25, 0.3) is 0 Å².